The molecule has 0 radical (unpaired) electrons. The number of H-pyrrole nitrogens is 1. The highest BCUT2D eigenvalue weighted by Crippen LogP contribution is 2.33. The first kappa shape index (κ1) is 18.8. The van der Waals surface area contributed by atoms with Gasteiger partial charge in [-0.15, -0.1) is 11.3 Å². The number of esters is 1. The van der Waals surface area contributed by atoms with Gasteiger partial charge in [-0.3, -0.25) is 9.59 Å². The molecule has 146 valence electrons. The van der Waals surface area contributed by atoms with Crippen LogP contribution in [-0.4, -0.2) is 15.9 Å². The van der Waals surface area contributed by atoms with Crippen LogP contribution in [0.15, 0.2) is 29.1 Å². The molecular weight excluding hydrogens is 379 g/mol. The number of fused-ring (bicyclic) bond motifs is 3. The minimum atomic E-state index is -0.466. The summed E-state index contributed by atoms with van der Waals surface area (Å²) in [7, 11) is 0. The van der Waals surface area contributed by atoms with E-state index >= 15 is 0 Å². The number of aromatic amines is 1. The maximum Gasteiger partial charge on any atom is 0.306 e. The number of carbonyl (C=O) groups excluding carboxylic acids is 1. The van der Waals surface area contributed by atoms with Crippen molar-refractivity contribution in [1.82, 2.24) is 9.97 Å². The van der Waals surface area contributed by atoms with Crippen molar-refractivity contribution in [3.8, 4) is 0 Å². The number of ether oxygens (including phenoxy) is 1. The van der Waals surface area contributed by atoms with E-state index in [2.05, 4.69) is 9.97 Å². The number of aromatic nitrogens is 2. The van der Waals surface area contributed by atoms with Crippen LogP contribution in [0.5, 0.6) is 0 Å². The summed E-state index contributed by atoms with van der Waals surface area (Å²) in [6.07, 6.45) is 4.17. The standard InChI is InChI=1S/C21H21FN2O3S/c1-12(13-6-8-14(22)9-7-13)27-18(25)11-10-17-23-20(26)19-15-4-2-3-5-16(15)28-21(19)24-17/h6-9,12H,2-5,10-11H2,1H3,(H,23,24,26)/t12-/m0/s1. The van der Waals surface area contributed by atoms with E-state index in [0.29, 0.717) is 12.2 Å². The van der Waals surface area contributed by atoms with E-state index in [9.17, 15) is 14.0 Å². The van der Waals surface area contributed by atoms with Crippen molar-refractivity contribution in [1.29, 1.82) is 0 Å². The molecule has 0 fully saturated rings. The molecule has 5 nitrogen and oxygen atoms in total. The van der Waals surface area contributed by atoms with E-state index in [1.165, 1.54) is 17.0 Å². The first-order chi connectivity index (χ1) is 13.5. The molecule has 3 aromatic rings. The van der Waals surface area contributed by atoms with Gasteiger partial charge in [-0.25, -0.2) is 9.37 Å². The van der Waals surface area contributed by atoms with Gasteiger partial charge in [0.2, 0.25) is 0 Å². The molecule has 28 heavy (non-hydrogen) atoms. The highest BCUT2D eigenvalue weighted by Gasteiger charge is 2.20. The van der Waals surface area contributed by atoms with E-state index in [4.69, 9.17) is 4.74 Å². The number of nitrogens with one attached hydrogen (secondary N) is 1. The molecular formula is C21H21FN2O3S. The Morgan fingerprint density at radius 1 is 1.29 bits per heavy atom. The number of hydrogen-bond donors (Lipinski definition) is 1. The Balaban J connectivity index is 1.43. The zero-order chi connectivity index (χ0) is 19.7. The van der Waals surface area contributed by atoms with Crippen molar-refractivity contribution in [2.75, 3.05) is 0 Å². The third-order valence-electron chi connectivity index (χ3n) is 5.09. The van der Waals surface area contributed by atoms with Crippen molar-refractivity contribution < 1.29 is 13.9 Å². The normalized spacial score (nSPS) is 14.6. The highest BCUT2D eigenvalue weighted by atomic mass is 32.1. The van der Waals surface area contributed by atoms with Gasteiger partial charge >= 0.3 is 5.97 Å². The summed E-state index contributed by atoms with van der Waals surface area (Å²) in [5.41, 5.74) is 1.76. The van der Waals surface area contributed by atoms with Crippen LogP contribution in [-0.2, 0) is 28.8 Å². The molecule has 1 aliphatic rings. The molecule has 1 N–H and O–H groups in total. The first-order valence-corrected chi connectivity index (χ1v) is 10.3. The average molecular weight is 400 g/mol. The third kappa shape index (κ3) is 3.85. The van der Waals surface area contributed by atoms with Crippen molar-refractivity contribution >= 4 is 27.5 Å². The zero-order valence-corrected chi connectivity index (χ0v) is 16.4. The lowest BCUT2D eigenvalue weighted by Crippen LogP contribution is -2.15. The topological polar surface area (TPSA) is 72.0 Å². The van der Waals surface area contributed by atoms with Crippen LogP contribution in [0, 0.1) is 5.82 Å². The largest absolute Gasteiger partial charge is 0.458 e. The average Bonchev–Trinajstić information content (AvgIpc) is 3.05. The predicted octanol–water partition coefficient (Wildman–Crippen LogP) is 4.24. The second-order valence-electron chi connectivity index (χ2n) is 7.09. The number of nitrogens with zero attached hydrogens (tertiary/aromatic N) is 1. The lowest BCUT2D eigenvalue weighted by molar-refractivity contribution is -0.148. The van der Waals surface area contributed by atoms with Gasteiger partial charge in [-0.2, -0.15) is 0 Å². The number of benzene rings is 1. The van der Waals surface area contributed by atoms with Gasteiger partial charge in [0, 0.05) is 11.3 Å². The first-order valence-electron chi connectivity index (χ1n) is 9.49. The maximum absolute atomic E-state index is 13.0. The fraction of sp³-hybridized carbons (Fsp3) is 0.381. The van der Waals surface area contributed by atoms with Gasteiger partial charge < -0.3 is 9.72 Å². The number of thiophene rings is 1. The minimum Gasteiger partial charge on any atom is -0.458 e. The van der Waals surface area contributed by atoms with Crippen molar-refractivity contribution in [3.63, 3.8) is 0 Å². The number of halogens is 1. The summed E-state index contributed by atoms with van der Waals surface area (Å²) in [5, 5.41) is 0.718. The smallest absolute Gasteiger partial charge is 0.306 e. The van der Waals surface area contributed by atoms with E-state index in [1.54, 1.807) is 30.4 Å². The fourth-order valence-corrected chi connectivity index (χ4v) is 4.89. The minimum absolute atomic E-state index is 0.116. The second kappa shape index (κ2) is 7.83. The molecule has 2 aromatic heterocycles. The summed E-state index contributed by atoms with van der Waals surface area (Å²) >= 11 is 1.59. The van der Waals surface area contributed by atoms with Crippen LogP contribution >= 0.6 is 11.3 Å². The Bertz CT molecular complexity index is 1070. The van der Waals surface area contributed by atoms with Crippen LogP contribution in [0.1, 0.15) is 54.1 Å². The van der Waals surface area contributed by atoms with Crippen molar-refractivity contribution in [3.05, 3.63) is 62.3 Å². The molecule has 1 atom stereocenters. The number of hydrogen-bond acceptors (Lipinski definition) is 5. The van der Waals surface area contributed by atoms with Gasteiger partial charge in [-0.05, 0) is 55.9 Å². The summed E-state index contributed by atoms with van der Waals surface area (Å²) in [6, 6.07) is 5.87. The Labute approximate surface area is 165 Å². The summed E-state index contributed by atoms with van der Waals surface area (Å²) in [4.78, 5) is 34.1. The van der Waals surface area contributed by atoms with Crippen molar-refractivity contribution in [2.45, 2.75) is 51.6 Å². The molecule has 4 rings (SSSR count). The highest BCUT2D eigenvalue weighted by molar-refractivity contribution is 7.18. The van der Waals surface area contributed by atoms with Gasteiger partial charge in [0.15, 0.2) is 0 Å². The van der Waals surface area contributed by atoms with Gasteiger partial charge in [0.05, 0.1) is 11.8 Å². The predicted molar refractivity (Wildman–Crippen MR) is 106 cm³/mol. The maximum atomic E-state index is 13.0. The van der Waals surface area contributed by atoms with Crippen LogP contribution in [0.2, 0.25) is 0 Å². The van der Waals surface area contributed by atoms with Crippen LogP contribution < -0.4 is 5.56 Å². The van der Waals surface area contributed by atoms with E-state index in [0.717, 1.165) is 47.0 Å². The van der Waals surface area contributed by atoms with E-state index in [-0.39, 0.29) is 23.8 Å². The molecule has 2 heterocycles. The molecule has 7 heteroatoms. The molecule has 0 bridgehead atoms. The molecule has 1 aliphatic carbocycles. The Morgan fingerprint density at radius 2 is 2.04 bits per heavy atom. The van der Waals surface area contributed by atoms with E-state index < -0.39 is 6.10 Å². The Kier molecular flexibility index (Phi) is 5.26. The number of aryl methyl sites for hydroxylation is 3. The SMILES string of the molecule is C[C@H](OC(=O)CCc1nc2sc3c(c2c(=O)[nH]1)CCCC3)c1ccc(F)cc1. The lowest BCUT2D eigenvalue weighted by Gasteiger charge is -2.13. The molecule has 0 saturated carbocycles. The molecule has 0 aliphatic heterocycles. The van der Waals surface area contributed by atoms with Crippen molar-refractivity contribution in [2.24, 2.45) is 0 Å². The van der Waals surface area contributed by atoms with Crippen LogP contribution in [0.25, 0.3) is 10.2 Å². The van der Waals surface area contributed by atoms with Crippen LogP contribution in [0.3, 0.4) is 0 Å². The third-order valence-corrected chi connectivity index (χ3v) is 6.27. The Hall–Kier alpha value is -2.54. The molecule has 1 aromatic carbocycles. The van der Waals surface area contributed by atoms with E-state index in [1.807, 2.05) is 0 Å². The zero-order valence-electron chi connectivity index (χ0n) is 15.6. The summed E-state index contributed by atoms with van der Waals surface area (Å²) < 4.78 is 18.4. The number of rotatable bonds is 5. The number of carbonyl (C=O) groups is 1. The molecule has 0 saturated heterocycles. The molecule has 0 unspecified atom stereocenters. The van der Waals surface area contributed by atoms with Crippen LogP contribution in [0.4, 0.5) is 4.39 Å². The second-order valence-corrected chi connectivity index (χ2v) is 8.17. The van der Waals surface area contributed by atoms with Gasteiger partial charge in [0.1, 0.15) is 22.6 Å². The Morgan fingerprint density at radius 3 is 2.82 bits per heavy atom. The summed E-state index contributed by atoms with van der Waals surface area (Å²) in [5.74, 6) is -0.213. The monoisotopic (exact) mass is 400 g/mol. The molecule has 0 amide bonds. The fourth-order valence-electron chi connectivity index (χ4n) is 3.61. The van der Waals surface area contributed by atoms with Gasteiger partial charge in [-0.1, -0.05) is 12.1 Å². The molecule has 0 spiro atoms. The van der Waals surface area contributed by atoms with Gasteiger partial charge in [0.25, 0.3) is 5.56 Å². The quantitative estimate of drug-likeness (QED) is 0.650. The lowest BCUT2D eigenvalue weighted by atomic mass is 9.97. The summed E-state index contributed by atoms with van der Waals surface area (Å²) in [6.45, 7) is 1.74.